The fourth-order valence-corrected chi connectivity index (χ4v) is 3.85. The highest BCUT2D eigenvalue weighted by molar-refractivity contribution is 9.10. The fourth-order valence-electron chi connectivity index (χ4n) is 3.45. The lowest BCUT2D eigenvalue weighted by atomic mass is 9.64. The van der Waals surface area contributed by atoms with E-state index in [1.165, 1.54) is 12.5 Å². The number of nitrogens with two attached hydrogens (primary N) is 1. The van der Waals surface area contributed by atoms with Gasteiger partial charge in [-0.25, -0.2) is 4.39 Å². The number of aliphatic hydroxyl groups is 1. The van der Waals surface area contributed by atoms with E-state index in [-0.39, 0.29) is 11.2 Å². The zero-order valence-electron chi connectivity index (χ0n) is 11.9. The molecule has 2 rings (SSSR count). The van der Waals surface area contributed by atoms with Gasteiger partial charge in [0.2, 0.25) is 0 Å². The lowest BCUT2D eigenvalue weighted by Gasteiger charge is -2.43. The van der Waals surface area contributed by atoms with Crippen LogP contribution in [0, 0.1) is 17.2 Å². The van der Waals surface area contributed by atoms with E-state index in [9.17, 15) is 9.50 Å². The van der Waals surface area contributed by atoms with Gasteiger partial charge < -0.3 is 10.8 Å². The van der Waals surface area contributed by atoms with Crippen LogP contribution in [0.5, 0.6) is 0 Å². The molecule has 0 aliphatic heterocycles. The second-order valence-corrected chi connectivity index (χ2v) is 6.87. The van der Waals surface area contributed by atoms with E-state index in [2.05, 4.69) is 22.9 Å². The molecule has 1 aromatic rings. The van der Waals surface area contributed by atoms with Crippen molar-refractivity contribution in [1.82, 2.24) is 0 Å². The predicted octanol–water partition coefficient (Wildman–Crippen LogP) is 4.17. The third kappa shape index (κ3) is 3.07. The number of hydrogen-bond donors (Lipinski definition) is 2. The summed E-state index contributed by atoms with van der Waals surface area (Å²) in [5.74, 6) is 0.323. The highest BCUT2D eigenvalue weighted by Crippen LogP contribution is 2.48. The van der Waals surface area contributed by atoms with Gasteiger partial charge in [0.25, 0.3) is 0 Å². The van der Waals surface area contributed by atoms with Crippen molar-refractivity contribution in [2.24, 2.45) is 17.1 Å². The third-order valence-corrected chi connectivity index (χ3v) is 5.41. The molecule has 3 atom stereocenters. The summed E-state index contributed by atoms with van der Waals surface area (Å²) in [7, 11) is 0. The van der Waals surface area contributed by atoms with Crippen molar-refractivity contribution in [3.05, 3.63) is 34.1 Å². The highest BCUT2D eigenvalue weighted by Gasteiger charge is 2.41. The van der Waals surface area contributed by atoms with Gasteiger partial charge in [0.15, 0.2) is 0 Å². The molecular weight excluding hydrogens is 321 g/mol. The molecule has 3 N–H and O–H groups in total. The monoisotopic (exact) mass is 343 g/mol. The van der Waals surface area contributed by atoms with E-state index in [0.29, 0.717) is 16.9 Å². The first kappa shape index (κ1) is 15.9. The maximum Gasteiger partial charge on any atom is 0.137 e. The quantitative estimate of drug-likeness (QED) is 0.861. The Kier molecular flexibility index (Phi) is 5.21. The summed E-state index contributed by atoms with van der Waals surface area (Å²) in [6.07, 6.45) is 4.72. The number of hydrogen-bond acceptors (Lipinski definition) is 2. The Balaban J connectivity index is 2.27. The summed E-state index contributed by atoms with van der Waals surface area (Å²) in [6.45, 7) is 2.66. The van der Waals surface area contributed by atoms with Gasteiger partial charge in [-0.2, -0.15) is 0 Å². The Morgan fingerprint density at radius 2 is 2.30 bits per heavy atom. The van der Waals surface area contributed by atoms with Gasteiger partial charge in [-0.05, 0) is 52.4 Å². The topological polar surface area (TPSA) is 46.2 Å². The van der Waals surface area contributed by atoms with Gasteiger partial charge in [0.05, 0.1) is 10.6 Å². The Morgan fingerprint density at radius 1 is 1.55 bits per heavy atom. The maximum atomic E-state index is 13.3. The Labute approximate surface area is 128 Å². The van der Waals surface area contributed by atoms with E-state index >= 15 is 0 Å². The lowest BCUT2D eigenvalue weighted by molar-refractivity contribution is -0.0162. The van der Waals surface area contributed by atoms with Crippen LogP contribution in [0.4, 0.5) is 4.39 Å². The zero-order chi connectivity index (χ0) is 14.8. The molecule has 0 aromatic heterocycles. The fraction of sp³-hybridized carbons (Fsp3) is 0.625. The van der Waals surface area contributed by atoms with Crippen molar-refractivity contribution < 1.29 is 9.50 Å². The van der Waals surface area contributed by atoms with Crippen molar-refractivity contribution in [2.45, 2.75) is 45.1 Å². The SMILES string of the molecule is CCC1CCCC(CN)(C(O)c2ccc(F)c(Br)c2)C1. The van der Waals surface area contributed by atoms with Crippen LogP contribution in [0.3, 0.4) is 0 Å². The minimum Gasteiger partial charge on any atom is -0.388 e. The molecule has 1 aromatic carbocycles. The smallest absolute Gasteiger partial charge is 0.137 e. The van der Waals surface area contributed by atoms with Crippen molar-refractivity contribution in [2.75, 3.05) is 6.54 Å². The van der Waals surface area contributed by atoms with Crippen LogP contribution in [0.1, 0.15) is 50.7 Å². The van der Waals surface area contributed by atoms with Crippen molar-refractivity contribution in [3.8, 4) is 0 Å². The van der Waals surface area contributed by atoms with Crippen LogP contribution >= 0.6 is 15.9 Å². The zero-order valence-corrected chi connectivity index (χ0v) is 13.5. The van der Waals surface area contributed by atoms with E-state index in [0.717, 1.165) is 31.2 Å². The van der Waals surface area contributed by atoms with Crippen molar-refractivity contribution >= 4 is 15.9 Å². The molecule has 112 valence electrons. The van der Waals surface area contributed by atoms with Gasteiger partial charge in [-0.15, -0.1) is 0 Å². The average Bonchev–Trinajstić information content (AvgIpc) is 2.49. The van der Waals surface area contributed by atoms with Gasteiger partial charge >= 0.3 is 0 Å². The van der Waals surface area contributed by atoms with Gasteiger partial charge in [-0.3, -0.25) is 0 Å². The van der Waals surface area contributed by atoms with Crippen LogP contribution in [-0.4, -0.2) is 11.7 Å². The summed E-state index contributed by atoms with van der Waals surface area (Å²) < 4.78 is 13.7. The molecule has 20 heavy (non-hydrogen) atoms. The Bertz CT molecular complexity index is 468. The molecule has 4 heteroatoms. The lowest BCUT2D eigenvalue weighted by Crippen LogP contribution is -2.41. The van der Waals surface area contributed by atoms with Crippen LogP contribution in [0.25, 0.3) is 0 Å². The van der Waals surface area contributed by atoms with Crippen LogP contribution in [-0.2, 0) is 0 Å². The second kappa shape index (κ2) is 6.54. The molecule has 1 saturated carbocycles. The van der Waals surface area contributed by atoms with Gasteiger partial charge in [0, 0.05) is 12.0 Å². The molecule has 1 fully saturated rings. The minimum absolute atomic E-state index is 0.268. The highest BCUT2D eigenvalue weighted by atomic mass is 79.9. The summed E-state index contributed by atoms with van der Waals surface area (Å²) in [5.41, 5.74) is 6.50. The number of benzene rings is 1. The Hall–Kier alpha value is -0.450. The first-order valence-corrected chi connectivity index (χ1v) is 8.15. The summed E-state index contributed by atoms with van der Waals surface area (Å²) in [4.78, 5) is 0. The Morgan fingerprint density at radius 3 is 2.90 bits per heavy atom. The molecule has 0 heterocycles. The molecule has 0 radical (unpaired) electrons. The summed E-state index contributed by atoms with van der Waals surface area (Å²) in [5, 5.41) is 10.8. The molecule has 0 saturated heterocycles. The van der Waals surface area contributed by atoms with Gasteiger partial charge in [0.1, 0.15) is 5.82 Å². The van der Waals surface area contributed by atoms with Crippen molar-refractivity contribution in [3.63, 3.8) is 0 Å². The molecule has 1 aliphatic carbocycles. The van der Waals surface area contributed by atoms with E-state index in [4.69, 9.17) is 5.73 Å². The van der Waals surface area contributed by atoms with Crippen LogP contribution in [0.15, 0.2) is 22.7 Å². The third-order valence-electron chi connectivity index (χ3n) is 4.81. The normalized spacial score (nSPS) is 28.4. The molecule has 1 aliphatic rings. The largest absolute Gasteiger partial charge is 0.388 e. The number of aliphatic hydroxyl groups excluding tert-OH is 1. The van der Waals surface area contributed by atoms with Crippen molar-refractivity contribution in [1.29, 1.82) is 0 Å². The molecule has 0 spiro atoms. The maximum absolute atomic E-state index is 13.3. The minimum atomic E-state index is -0.626. The van der Waals surface area contributed by atoms with Crippen LogP contribution in [0.2, 0.25) is 0 Å². The average molecular weight is 344 g/mol. The molecule has 0 amide bonds. The second-order valence-electron chi connectivity index (χ2n) is 6.01. The van der Waals surface area contributed by atoms with E-state index < -0.39 is 6.10 Å². The molecule has 3 unspecified atom stereocenters. The van der Waals surface area contributed by atoms with E-state index in [1.54, 1.807) is 12.1 Å². The summed E-state index contributed by atoms with van der Waals surface area (Å²) >= 11 is 3.19. The molecule has 2 nitrogen and oxygen atoms in total. The van der Waals surface area contributed by atoms with E-state index in [1.807, 2.05) is 0 Å². The van der Waals surface area contributed by atoms with Crippen LogP contribution < -0.4 is 5.73 Å². The first-order valence-electron chi connectivity index (χ1n) is 7.35. The predicted molar refractivity (Wildman–Crippen MR) is 82.8 cm³/mol. The first-order chi connectivity index (χ1) is 9.52. The number of rotatable bonds is 4. The standard InChI is InChI=1S/C16H23BrFNO/c1-2-11-4-3-7-16(9-11,10-19)15(20)12-5-6-14(18)13(17)8-12/h5-6,8,11,15,20H,2-4,7,9-10,19H2,1H3. The molecular formula is C16H23BrFNO. The molecule has 0 bridgehead atoms. The van der Waals surface area contributed by atoms with Gasteiger partial charge in [-0.1, -0.05) is 32.3 Å². The summed E-state index contributed by atoms with van der Waals surface area (Å²) in [6, 6.07) is 4.73. The number of halogens is 2.